The maximum absolute atomic E-state index is 11.7. The number of hydrogen-bond acceptors (Lipinski definition) is 3. The van der Waals surface area contributed by atoms with E-state index in [9.17, 15) is 4.79 Å². The fourth-order valence-corrected chi connectivity index (χ4v) is 1.78. The molecule has 2 rings (SSSR count). The second-order valence-electron chi connectivity index (χ2n) is 3.84. The molecular formula is C12H16ClNO2. The molecule has 1 aliphatic heterocycles. The van der Waals surface area contributed by atoms with Crippen molar-refractivity contribution in [2.24, 2.45) is 0 Å². The third-order valence-corrected chi connectivity index (χ3v) is 2.72. The summed E-state index contributed by atoms with van der Waals surface area (Å²) >= 11 is 0. The first-order valence-corrected chi connectivity index (χ1v) is 5.27. The molecule has 0 aliphatic carbocycles. The van der Waals surface area contributed by atoms with Gasteiger partial charge in [-0.3, -0.25) is 0 Å². The zero-order chi connectivity index (χ0) is 10.7. The van der Waals surface area contributed by atoms with E-state index in [0.29, 0.717) is 5.56 Å². The predicted octanol–water partition coefficient (Wildman–Crippen LogP) is 2.02. The second-order valence-corrected chi connectivity index (χ2v) is 3.84. The van der Waals surface area contributed by atoms with Crippen LogP contribution in [-0.2, 0) is 4.74 Å². The average Bonchev–Trinajstić information content (AvgIpc) is 2.66. The minimum atomic E-state index is -0.226. The van der Waals surface area contributed by atoms with Crippen molar-refractivity contribution in [1.29, 1.82) is 0 Å². The van der Waals surface area contributed by atoms with Crippen LogP contribution in [0.4, 0.5) is 0 Å². The SMILES string of the molecule is C[C@@H]1NCC[C@H]1OC(=O)c1ccccc1.Cl. The van der Waals surface area contributed by atoms with Crippen molar-refractivity contribution in [1.82, 2.24) is 5.32 Å². The summed E-state index contributed by atoms with van der Waals surface area (Å²) in [6.07, 6.45) is 0.914. The molecule has 1 heterocycles. The molecule has 16 heavy (non-hydrogen) atoms. The predicted molar refractivity (Wildman–Crippen MR) is 65.0 cm³/mol. The van der Waals surface area contributed by atoms with Crippen molar-refractivity contribution in [3.05, 3.63) is 35.9 Å². The summed E-state index contributed by atoms with van der Waals surface area (Å²) in [4.78, 5) is 11.7. The first-order valence-electron chi connectivity index (χ1n) is 5.27. The smallest absolute Gasteiger partial charge is 0.338 e. The molecule has 0 bridgehead atoms. The lowest BCUT2D eigenvalue weighted by atomic mass is 10.2. The van der Waals surface area contributed by atoms with Gasteiger partial charge >= 0.3 is 5.97 Å². The highest BCUT2D eigenvalue weighted by Crippen LogP contribution is 2.13. The van der Waals surface area contributed by atoms with Crippen LogP contribution in [-0.4, -0.2) is 24.7 Å². The summed E-state index contributed by atoms with van der Waals surface area (Å²) in [7, 11) is 0. The molecule has 88 valence electrons. The van der Waals surface area contributed by atoms with E-state index >= 15 is 0 Å². The summed E-state index contributed by atoms with van der Waals surface area (Å²) in [5, 5.41) is 3.25. The van der Waals surface area contributed by atoms with Gasteiger partial charge in [-0.2, -0.15) is 0 Å². The molecule has 1 aromatic carbocycles. The summed E-state index contributed by atoms with van der Waals surface area (Å²) < 4.78 is 5.41. The number of carbonyl (C=O) groups is 1. The number of halogens is 1. The van der Waals surface area contributed by atoms with Gasteiger partial charge in [0, 0.05) is 6.04 Å². The quantitative estimate of drug-likeness (QED) is 0.805. The third kappa shape index (κ3) is 2.97. The Hall–Kier alpha value is -1.06. The Morgan fingerprint density at radius 3 is 2.62 bits per heavy atom. The Morgan fingerprint density at radius 1 is 1.38 bits per heavy atom. The summed E-state index contributed by atoms with van der Waals surface area (Å²) in [5.74, 6) is -0.226. The lowest BCUT2D eigenvalue weighted by Crippen LogP contribution is -2.30. The maximum atomic E-state index is 11.7. The van der Waals surface area contributed by atoms with E-state index in [1.807, 2.05) is 25.1 Å². The molecule has 4 heteroatoms. The van der Waals surface area contributed by atoms with Gasteiger partial charge in [-0.1, -0.05) is 18.2 Å². The van der Waals surface area contributed by atoms with Crippen molar-refractivity contribution in [3.8, 4) is 0 Å². The van der Waals surface area contributed by atoms with Gasteiger partial charge in [-0.25, -0.2) is 4.79 Å². The van der Waals surface area contributed by atoms with Crippen molar-refractivity contribution in [2.75, 3.05) is 6.54 Å². The zero-order valence-corrected chi connectivity index (χ0v) is 10.00. The van der Waals surface area contributed by atoms with E-state index in [0.717, 1.165) is 13.0 Å². The summed E-state index contributed by atoms with van der Waals surface area (Å²) in [6, 6.07) is 9.37. The third-order valence-electron chi connectivity index (χ3n) is 2.72. The van der Waals surface area contributed by atoms with Gasteiger partial charge in [0.1, 0.15) is 6.10 Å². The highest BCUT2D eigenvalue weighted by Gasteiger charge is 2.26. The number of hydrogen-bond donors (Lipinski definition) is 1. The van der Waals surface area contributed by atoms with Crippen LogP contribution in [0.3, 0.4) is 0 Å². The second kappa shape index (κ2) is 5.87. The van der Waals surface area contributed by atoms with E-state index in [1.54, 1.807) is 12.1 Å². The molecule has 0 radical (unpaired) electrons. The minimum Gasteiger partial charge on any atom is -0.457 e. The lowest BCUT2D eigenvalue weighted by molar-refractivity contribution is 0.0286. The van der Waals surface area contributed by atoms with E-state index in [4.69, 9.17) is 4.74 Å². The Morgan fingerprint density at radius 2 is 2.06 bits per heavy atom. The molecule has 1 aliphatic rings. The molecule has 1 aromatic rings. The van der Waals surface area contributed by atoms with E-state index < -0.39 is 0 Å². The number of rotatable bonds is 2. The first kappa shape index (κ1) is 13.0. The fraction of sp³-hybridized carbons (Fsp3) is 0.417. The van der Waals surface area contributed by atoms with Gasteiger partial charge in [0.15, 0.2) is 0 Å². The minimum absolute atomic E-state index is 0. The maximum Gasteiger partial charge on any atom is 0.338 e. The van der Waals surface area contributed by atoms with Crippen LogP contribution in [0.1, 0.15) is 23.7 Å². The first-order chi connectivity index (χ1) is 7.27. The molecule has 2 atom stereocenters. The van der Waals surface area contributed by atoms with Crippen molar-refractivity contribution in [2.45, 2.75) is 25.5 Å². The van der Waals surface area contributed by atoms with Crippen LogP contribution in [0.25, 0.3) is 0 Å². The highest BCUT2D eigenvalue weighted by atomic mass is 35.5. The van der Waals surface area contributed by atoms with Gasteiger partial charge in [-0.15, -0.1) is 12.4 Å². The number of esters is 1. The molecule has 0 unspecified atom stereocenters. The van der Waals surface area contributed by atoms with Crippen LogP contribution in [0, 0.1) is 0 Å². The molecule has 3 nitrogen and oxygen atoms in total. The van der Waals surface area contributed by atoms with Crippen molar-refractivity contribution >= 4 is 18.4 Å². The summed E-state index contributed by atoms with van der Waals surface area (Å²) in [6.45, 7) is 2.96. The topological polar surface area (TPSA) is 38.3 Å². The number of benzene rings is 1. The monoisotopic (exact) mass is 241 g/mol. The molecule has 1 N–H and O–H groups in total. The molecule has 0 saturated carbocycles. The van der Waals surface area contributed by atoms with Gasteiger partial charge in [0.2, 0.25) is 0 Å². The van der Waals surface area contributed by atoms with Crippen molar-refractivity contribution in [3.63, 3.8) is 0 Å². The van der Waals surface area contributed by atoms with E-state index in [-0.39, 0.29) is 30.5 Å². The number of nitrogens with one attached hydrogen (secondary N) is 1. The average molecular weight is 242 g/mol. The molecule has 1 fully saturated rings. The van der Waals surface area contributed by atoms with Crippen LogP contribution < -0.4 is 5.32 Å². The van der Waals surface area contributed by atoms with Gasteiger partial charge in [0.25, 0.3) is 0 Å². The zero-order valence-electron chi connectivity index (χ0n) is 9.18. The molecule has 1 saturated heterocycles. The number of carbonyl (C=O) groups excluding carboxylic acids is 1. The van der Waals surface area contributed by atoms with Crippen LogP contribution in [0.5, 0.6) is 0 Å². The van der Waals surface area contributed by atoms with Crippen LogP contribution >= 0.6 is 12.4 Å². The standard InChI is InChI=1S/C12H15NO2.ClH/c1-9-11(7-8-13-9)15-12(14)10-5-3-2-4-6-10;/h2-6,9,11,13H,7-8H2,1H3;1H/t9-,11+;/m0./s1. The van der Waals surface area contributed by atoms with Crippen LogP contribution in [0.15, 0.2) is 30.3 Å². The molecule has 0 amide bonds. The Balaban J connectivity index is 0.00000128. The summed E-state index contributed by atoms with van der Waals surface area (Å²) in [5.41, 5.74) is 0.622. The van der Waals surface area contributed by atoms with Crippen LogP contribution in [0.2, 0.25) is 0 Å². The normalized spacial score (nSPS) is 23.6. The largest absolute Gasteiger partial charge is 0.457 e. The molecule has 0 aromatic heterocycles. The Labute approximate surface area is 102 Å². The van der Waals surface area contributed by atoms with Gasteiger partial charge < -0.3 is 10.1 Å². The Kier molecular flexibility index (Phi) is 4.77. The van der Waals surface area contributed by atoms with Gasteiger partial charge in [0.05, 0.1) is 5.56 Å². The van der Waals surface area contributed by atoms with Crippen molar-refractivity contribution < 1.29 is 9.53 Å². The molecule has 0 spiro atoms. The Bertz CT molecular complexity index is 342. The van der Waals surface area contributed by atoms with E-state index in [2.05, 4.69) is 5.32 Å². The number of ether oxygens (including phenoxy) is 1. The highest BCUT2D eigenvalue weighted by molar-refractivity contribution is 5.89. The lowest BCUT2D eigenvalue weighted by Gasteiger charge is -2.15. The van der Waals surface area contributed by atoms with E-state index in [1.165, 1.54) is 0 Å². The molecular weight excluding hydrogens is 226 g/mol. The van der Waals surface area contributed by atoms with Gasteiger partial charge in [-0.05, 0) is 32.0 Å². The fourth-order valence-electron chi connectivity index (χ4n) is 1.78.